The van der Waals surface area contributed by atoms with Gasteiger partial charge in [-0.15, -0.1) is 7.77 Å². The lowest BCUT2D eigenvalue weighted by Gasteiger charge is -2.26. The van der Waals surface area contributed by atoms with Gasteiger partial charge in [0.25, 0.3) is 0 Å². The molecule has 0 unspecified atom stereocenters. The molecule has 0 spiro atoms. The first-order valence-corrected chi connectivity index (χ1v) is 10.7. The number of ether oxygens (including phenoxy) is 2. The van der Waals surface area contributed by atoms with Crippen LogP contribution in [0.25, 0.3) is 0 Å². The fraction of sp³-hybridized carbons (Fsp3) is 0.294. The summed E-state index contributed by atoms with van der Waals surface area (Å²) < 4.78 is 79.9. The molecule has 0 saturated heterocycles. The van der Waals surface area contributed by atoms with E-state index in [2.05, 4.69) is 5.32 Å². The summed E-state index contributed by atoms with van der Waals surface area (Å²) in [4.78, 5) is -0.880. The van der Waals surface area contributed by atoms with E-state index in [9.17, 15) is 24.6 Å². The summed E-state index contributed by atoms with van der Waals surface area (Å²) in [5, 5.41) is 2.85. The Morgan fingerprint density at radius 1 is 0.821 bits per heavy atom. The van der Waals surface area contributed by atoms with Gasteiger partial charge >= 0.3 is 20.4 Å². The summed E-state index contributed by atoms with van der Waals surface area (Å²) in [6, 6.07) is 10.1. The van der Waals surface area contributed by atoms with Gasteiger partial charge in [0.1, 0.15) is 19.2 Å². The number of hydrogen-bond donors (Lipinski definition) is 1. The van der Waals surface area contributed by atoms with E-state index in [1.54, 1.807) is 13.8 Å². The second-order valence-electron chi connectivity index (χ2n) is 6.21. The first-order valence-electron chi connectivity index (χ1n) is 7.97. The van der Waals surface area contributed by atoms with Crippen molar-refractivity contribution in [2.24, 2.45) is 0 Å². The van der Waals surface area contributed by atoms with Crippen molar-refractivity contribution in [3.8, 4) is 5.75 Å². The number of rotatable bonds is 9. The van der Waals surface area contributed by atoms with Gasteiger partial charge in [-0.3, -0.25) is 5.32 Å². The Balaban J connectivity index is 1.82. The van der Waals surface area contributed by atoms with Gasteiger partial charge in [0, 0.05) is 0 Å². The van der Waals surface area contributed by atoms with Crippen LogP contribution in [0.3, 0.4) is 0 Å². The maximum atomic E-state index is 12.9. The van der Waals surface area contributed by atoms with Crippen molar-refractivity contribution in [1.82, 2.24) is 5.32 Å². The van der Waals surface area contributed by atoms with E-state index in [0.29, 0.717) is 11.3 Å². The minimum absolute atomic E-state index is 0.0385. The van der Waals surface area contributed by atoms with Gasteiger partial charge in [0.05, 0.1) is 15.4 Å². The molecule has 0 amide bonds. The molecule has 2 rings (SSSR count). The predicted octanol–water partition coefficient (Wildman–Crippen LogP) is 2.84. The Bertz CT molecular complexity index is 1000. The van der Waals surface area contributed by atoms with E-state index in [-0.39, 0.29) is 13.5 Å². The molecule has 0 aliphatic rings. The first kappa shape index (κ1) is 22.2. The molecule has 2 aromatic carbocycles. The highest BCUT2D eigenvalue weighted by molar-refractivity contribution is 7.86. The molecule has 0 saturated carbocycles. The van der Waals surface area contributed by atoms with Crippen molar-refractivity contribution in [3.63, 3.8) is 0 Å². The normalized spacial score (nSPS) is 12.7. The highest BCUT2D eigenvalue weighted by Crippen LogP contribution is 2.26. The van der Waals surface area contributed by atoms with Crippen LogP contribution in [0.1, 0.15) is 19.4 Å². The zero-order chi connectivity index (χ0) is 21.0. The summed E-state index contributed by atoms with van der Waals surface area (Å²) in [7, 11) is -9.50. The van der Waals surface area contributed by atoms with Gasteiger partial charge in [0.2, 0.25) is 0 Å². The molecule has 11 heteroatoms. The van der Waals surface area contributed by atoms with E-state index in [0.717, 1.165) is 24.3 Å². The smallest absolute Gasteiger partial charge is 0.332 e. The summed E-state index contributed by atoms with van der Waals surface area (Å²) >= 11 is 0. The molecule has 7 nitrogen and oxygen atoms in total. The zero-order valence-electron chi connectivity index (χ0n) is 15.1. The van der Waals surface area contributed by atoms with Crippen LogP contribution in [0, 0.1) is 0 Å². The molecule has 0 heterocycles. The molecule has 0 fully saturated rings. The van der Waals surface area contributed by atoms with Crippen LogP contribution in [0.2, 0.25) is 0 Å². The Kier molecular flexibility index (Phi) is 6.75. The molecule has 0 aliphatic heterocycles. The van der Waals surface area contributed by atoms with Crippen LogP contribution in [0.15, 0.2) is 58.3 Å². The van der Waals surface area contributed by atoms with Crippen molar-refractivity contribution in [3.05, 3.63) is 54.1 Å². The number of hydrogen-bond acceptors (Lipinski definition) is 7. The van der Waals surface area contributed by atoms with Crippen molar-refractivity contribution in [1.29, 1.82) is 0 Å². The molecule has 0 bridgehead atoms. The lowest BCUT2D eigenvalue weighted by molar-refractivity contribution is -0.0368. The van der Waals surface area contributed by atoms with Crippen molar-refractivity contribution in [2.75, 3.05) is 13.5 Å². The van der Waals surface area contributed by atoms with Crippen molar-refractivity contribution < 1.29 is 34.1 Å². The topological polar surface area (TPSA) is 98.8 Å². The van der Waals surface area contributed by atoms with Gasteiger partial charge < -0.3 is 9.47 Å². The molecule has 28 heavy (non-hydrogen) atoms. The van der Waals surface area contributed by atoms with Gasteiger partial charge in [-0.2, -0.15) is 16.8 Å². The highest BCUT2D eigenvalue weighted by Gasteiger charge is 2.22. The summed E-state index contributed by atoms with van der Waals surface area (Å²) in [5.74, 6) is 0.335. The molecular formula is C17H19F2NO6S2. The van der Waals surface area contributed by atoms with E-state index in [1.165, 1.54) is 24.3 Å². The standard InChI is InChI=1S/C17H19F2NO6S2/c1-17(2,13-3-7-15(8-4-13)27(18,21)22)26-12-20-11-25-14-5-9-16(10-6-14)28(19,23)24/h3-10,20H,11-12H2,1-2H3. The van der Waals surface area contributed by atoms with Crippen LogP contribution in [0.4, 0.5) is 7.77 Å². The van der Waals surface area contributed by atoms with E-state index < -0.39 is 35.8 Å². The van der Waals surface area contributed by atoms with Gasteiger partial charge in [0.15, 0.2) is 0 Å². The first-order chi connectivity index (χ1) is 12.9. The second-order valence-corrected chi connectivity index (χ2v) is 8.90. The van der Waals surface area contributed by atoms with E-state index >= 15 is 0 Å². The van der Waals surface area contributed by atoms with Crippen molar-refractivity contribution >= 4 is 20.4 Å². The average molecular weight is 435 g/mol. The minimum atomic E-state index is -4.75. The minimum Gasteiger partial charge on any atom is -0.478 e. The zero-order valence-corrected chi connectivity index (χ0v) is 16.7. The monoisotopic (exact) mass is 435 g/mol. The summed E-state index contributed by atoms with van der Waals surface area (Å²) in [6.07, 6.45) is 0. The summed E-state index contributed by atoms with van der Waals surface area (Å²) in [6.45, 7) is 3.62. The lowest BCUT2D eigenvalue weighted by atomic mass is 9.98. The second kappa shape index (κ2) is 8.52. The quantitative estimate of drug-likeness (QED) is 0.367. The predicted molar refractivity (Wildman–Crippen MR) is 97.1 cm³/mol. The van der Waals surface area contributed by atoms with Crippen LogP contribution < -0.4 is 10.1 Å². The maximum Gasteiger partial charge on any atom is 0.332 e. The van der Waals surface area contributed by atoms with E-state index in [4.69, 9.17) is 9.47 Å². The Morgan fingerprint density at radius 2 is 1.29 bits per heavy atom. The third-order valence-electron chi connectivity index (χ3n) is 3.81. The Hall–Kier alpha value is -2.08. The molecule has 0 atom stereocenters. The third kappa shape index (κ3) is 6.23. The number of nitrogens with one attached hydrogen (secondary N) is 1. The Morgan fingerprint density at radius 3 is 1.75 bits per heavy atom. The largest absolute Gasteiger partial charge is 0.478 e. The summed E-state index contributed by atoms with van der Waals surface area (Å²) in [5.41, 5.74) is -0.145. The fourth-order valence-electron chi connectivity index (χ4n) is 2.21. The fourth-order valence-corrected chi connectivity index (χ4v) is 3.13. The number of halogens is 2. The maximum absolute atomic E-state index is 12.9. The van der Waals surface area contributed by atoms with Gasteiger partial charge in [-0.05, 0) is 55.8 Å². The molecule has 1 N–H and O–H groups in total. The van der Waals surface area contributed by atoms with Crippen LogP contribution in [-0.4, -0.2) is 30.3 Å². The third-order valence-corrected chi connectivity index (χ3v) is 5.48. The van der Waals surface area contributed by atoms with Crippen molar-refractivity contribution in [2.45, 2.75) is 29.2 Å². The van der Waals surface area contributed by atoms with Crippen LogP contribution in [0.5, 0.6) is 5.75 Å². The molecule has 0 aliphatic carbocycles. The van der Waals surface area contributed by atoms with Gasteiger partial charge in [-0.1, -0.05) is 12.1 Å². The SMILES string of the molecule is CC(C)(OCNCOc1ccc(S(=O)(=O)F)cc1)c1ccc(S(=O)(=O)F)cc1. The Labute approximate surface area is 162 Å². The van der Waals surface area contributed by atoms with Gasteiger partial charge in [-0.25, -0.2) is 0 Å². The molecule has 2 aromatic rings. The van der Waals surface area contributed by atoms with E-state index in [1.807, 2.05) is 0 Å². The number of benzene rings is 2. The molecule has 0 aromatic heterocycles. The van der Waals surface area contributed by atoms with Crippen LogP contribution in [-0.2, 0) is 30.8 Å². The molecular weight excluding hydrogens is 416 g/mol. The molecule has 154 valence electrons. The lowest BCUT2D eigenvalue weighted by Crippen LogP contribution is -2.30. The average Bonchev–Trinajstić information content (AvgIpc) is 2.60. The highest BCUT2D eigenvalue weighted by atomic mass is 32.3. The van der Waals surface area contributed by atoms with Crippen LogP contribution >= 0.6 is 0 Å². The molecule has 0 radical (unpaired) electrons.